The first-order chi connectivity index (χ1) is 8.81. The molecule has 1 rings (SSSR count). The molecule has 1 N–H and O–H groups in total. The van der Waals surface area contributed by atoms with Gasteiger partial charge in [-0.15, -0.1) is 0 Å². The number of aryl methyl sites for hydroxylation is 2. The van der Waals surface area contributed by atoms with Crippen LogP contribution in [0.1, 0.15) is 38.3 Å². The SMILES string of the molecule is Cc1ccc(NC(=O)OC(C)(C)C)cc1CCC=O. The van der Waals surface area contributed by atoms with E-state index in [2.05, 4.69) is 5.32 Å². The van der Waals surface area contributed by atoms with Crippen molar-refractivity contribution in [3.05, 3.63) is 29.3 Å². The standard InChI is InChI=1S/C15H21NO3/c1-11-7-8-13(10-12(11)6-5-9-17)16-14(18)19-15(2,3)4/h7-10H,5-6H2,1-4H3,(H,16,18). The molecule has 0 unspecified atom stereocenters. The number of benzene rings is 1. The number of ether oxygens (including phenoxy) is 1. The predicted octanol–water partition coefficient (Wildman–Crippen LogP) is 3.47. The van der Waals surface area contributed by atoms with Gasteiger partial charge in [-0.05, 0) is 57.4 Å². The van der Waals surface area contributed by atoms with Gasteiger partial charge in [0, 0.05) is 12.1 Å². The van der Waals surface area contributed by atoms with Crippen LogP contribution >= 0.6 is 0 Å². The van der Waals surface area contributed by atoms with Crippen molar-refractivity contribution >= 4 is 18.1 Å². The molecule has 0 saturated heterocycles. The number of rotatable bonds is 4. The highest BCUT2D eigenvalue weighted by molar-refractivity contribution is 5.85. The summed E-state index contributed by atoms with van der Waals surface area (Å²) in [4.78, 5) is 22.1. The van der Waals surface area contributed by atoms with Gasteiger partial charge < -0.3 is 9.53 Å². The van der Waals surface area contributed by atoms with Crippen LogP contribution in [0.3, 0.4) is 0 Å². The highest BCUT2D eigenvalue weighted by atomic mass is 16.6. The van der Waals surface area contributed by atoms with E-state index in [1.807, 2.05) is 45.9 Å². The smallest absolute Gasteiger partial charge is 0.412 e. The van der Waals surface area contributed by atoms with Crippen molar-refractivity contribution in [1.82, 2.24) is 0 Å². The molecule has 1 aromatic rings. The first-order valence-electron chi connectivity index (χ1n) is 6.35. The molecule has 0 radical (unpaired) electrons. The average Bonchev–Trinajstić information content (AvgIpc) is 2.27. The Morgan fingerprint density at radius 1 is 1.37 bits per heavy atom. The Morgan fingerprint density at radius 3 is 2.63 bits per heavy atom. The first-order valence-corrected chi connectivity index (χ1v) is 6.35. The van der Waals surface area contributed by atoms with Crippen LogP contribution in [-0.2, 0) is 16.0 Å². The molecule has 0 bridgehead atoms. The Labute approximate surface area is 114 Å². The maximum absolute atomic E-state index is 11.6. The molecule has 4 nitrogen and oxygen atoms in total. The Hall–Kier alpha value is -1.84. The van der Waals surface area contributed by atoms with Crippen LogP contribution in [0, 0.1) is 6.92 Å². The molecule has 0 spiro atoms. The van der Waals surface area contributed by atoms with Crippen molar-refractivity contribution in [2.75, 3.05) is 5.32 Å². The first kappa shape index (κ1) is 15.2. The minimum absolute atomic E-state index is 0.474. The Morgan fingerprint density at radius 2 is 2.05 bits per heavy atom. The second-order valence-electron chi connectivity index (χ2n) is 5.47. The number of nitrogens with one attached hydrogen (secondary N) is 1. The molecule has 0 aliphatic rings. The van der Waals surface area contributed by atoms with E-state index in [0.717, 1.165) is 17.4 Å². The van der Waals surface area contributed by atoms with Gasteiger partial charge in [0.2, 0.25) is 0 Å². The normalized spacial score (nSPS) is 10.9. The summed E-state index contributed by atoms with van der Waals surface area (Å²) in [6.45, 7) is 7.43. The van der Waals surface area contributed by atoms with Crippen LogP contribution in [0.15, 0.2) is 18.2 Å². The number of carbonyl (C=O) groups is 2. The summed E-state index contributed by atoms with van der Waals surface area (Å²) >= 11 is 0. The van der Waals surface area contributed by atoms with E-state index in [-0.39, 0.29) is 0 Å². The second kappa shape index (κ2) is 6.36. The second-order valence-corrected chi connectivity index (χ2v) is 5.47. The van der Waals surface area contributed by atoms with Crippen LogP contribution in [0.25, 0.3) is 0 Å². The largest absolute Gasteiger partial charge is 0.444 e. The van der Waals surface area contributed by atoms with Crippen LogP contribution < -0.4 is 5.32 Å². The van der Waals surface area contributed by atoms with Gasteiger partial charge in [0.15, 0.2) is 0 Å². The van der Waals surface area contributed by atoms with Crippen LogP contribution in [0.4, 0.5) is 10.5 Å². The van der Waals surface area contributed by atoms with Crippen molar-refractivity contribution in [2.45, 2.75) is 46.1 Å². The summed E-state index contributed by atoms with van der Waals surface area (Å²) in [6, 6.07) is 5.62. The van der Waals surface area contributed by atoms with Gasteiger partial charge in [0.1, 0.15) is 11.9 Å². The zero-order valence-corrected chi connectivity index (χ0v) is 11.9. The summed E-state index contributed by atoms with van der Waals surface area (Å²) in [7, 11) is 0. The summed E-state index contributed by atoms with van der Waals surface area (Å²) in [5, 5.41) is 2.69. The molecule has 0 aliphatic heterocycles. The molecule has 4 heteroatoms. The monoisotopic (exact) mass is 263 g/mol. The minimum atomic E-state index is -0.519. The number of aldehydes is 1. The lowest BCUT2D eigenvalue weighted by molar-refractivity contribution is -0.107. The van der Waals surface area contributed by atoms with Gasteiger partial charge >= 0.3 is 6.09 Å². The van der Waals surface area contributed by atoms with Crippen molar-refractivity contribution in [3.63, 3.8) is 0 Å². The Kier molecular flexibility index (Phi) is 5.10. The quantitative estimate of drug-likeness (QED) is 0.846. The van der Waals surface area contributed by atoms with Gasteiger partial charge in [-0.1, -0.05) is 6.07 Å². The van der Waals surface area contributed by atoms with E-state index in [4.69, 9.17) is 4.74 Å². The Bertz CT molecular complexity index is 461. The fourth-order valence-electron chi connectivity index (χ4n) is 1.65. The fraction of sp³-hybridized carbons (Fsp3) is 0.467. The van der Waals surface area contributed by atoms with Crippen molar-refractivity contribution in [3.8, 4) is 0 Å². The van der Waals surface area contributed by atoms with E-state index in [1.165, 1.54) is 0 Å². The highest BCUT2D eigenvalue weighted by Crippen LogP contribution is 2.18. The number of amides is 1. The molecule has 0 fully saturated rings. The van der Waals surface area contributed by atoms with E-state index >= 15 is 0 Å². The predicted molar refractivity (Wildman–Crippen MR) is 75.4 cm³/mol. The molecule has 0 heterocycles. The topological polar surface area (TPSA) is 55.4 Å². The molecule has 0 atom stereocenters. The Balaban J connectivity index is 2.73. The molecular weight excluding hydrogens is 242 g/mol. The number of anilines is 1. The molecule has 0 saturated carbocycles. The van der Waals surface area contributed by atoms with Gasteiger partial charge in [0.25, 0.3) is 0 Å². The van der Waals surface area contributed by atoms with Gasteiger partial charge in [0.05, 0.1) is 0 Å². The summed E-state index contributed by atoms with van der Waals surface area (Å²) in [6.07, 6.45) is 1.58. The summed E-state index contributed by atoms with van der Waals surface area (Å²) in [5.74, 6) is 0. The van der Waals surface area contributed by atoms with E-state index < -0.39 is 11.7 Å². The lowest BCUT2D eigenvalue weighted by Crippen LogP contribution is -2.27. The van der Waals surface area contributed by atoms with Crippen molar-refractivity contribution < 1.29 is 14.3 Å². The third-order valence-electron chi connectivity index (χ3n) is 2.53. The third kappa shape index (κ3) is 5.55. The number of carbonyl (C=O) groups excluding carboxylic acids is 2. The van der Waals surface area contributed by atoms with Crippen LogP contribution in [-0.4, -0.2) is 18.0 Å². The molecule has 19 heavy (non-hydrogen) atoms. The molecule has 0 aromatic heterocycles. The molecule has 104 valence electrons. The highest BCUT2D eigenvalue weighted by Gasteiger charge is 2.16. The fourth-order valence-corrected chi connectivity index (χ4v) is 1.65. The number of hydrogen-bond acceptors (Lipinski definition) is 3. The van der Waals surface area contributed by atoms with Gasteiger partial charge in [-0.3, -0.25) is 5.32 Å². The molecular formula is C15H21NO3. The number of hydrogen-bond donors (Lipinski definition) is 1. The van der Waals surface area contributed by atoms with Crippen molar-refractivity contribution in [1.29, 1.82) is 0 Å². The molecule has 1 aromatic carbocycles. The molecule has 1 amide bonds. The lowest BCUT2D eigenvalue weighted by Gasteiger charge is -2.20. The third-order valence-corrected chi connectivity index (χ3v) is 2.53. The van der Waals surface area contributed by atoms with Crippen LogP contribution in [0.2, 0.25) is 0 Å². The van der Waals surface area contributed by atoms with E-state index in [1.54, 1.807) is 0 Å². The zero-order valence-electron chi connectivity index (χ0n) is 11.9. The van der Waals surface area contributed by atoms with Crippen LogP contribution in [0.5, 0.6) is 0 Å². The van der Waals surface area contributed by atoms with E-state index in [0.29, 0.717) is 18.5 Å². The zero-order chi connectivity index (χ0) is 14.5. The maximum Gasteiger partial charge on any atom is 0.412 e. The maximum atomic E-state index is 11.6. The summed E-state index contributed by atoms with van der Waals surface area (Å²) < 4.78 is 5.19. The summed E-state index contributed by atoms with van der Waals surface area (Å²) in [5.41, 5.74) is 2.33. The van der Waals surface area contributed by atoms with Crippen molar-refractivity contribution in [2.24, 2.45) is 0 Å². The average molecular weight is 263 g/mol. The lowest BCUT2D eigenvalue weighted by atomic mass is 10.0. The minimum Gasteiger partial charge on any atom is -0.444 e. The van der Waals surface area contributed by atoms with Gasteiger partial charge in [-0.25, -0.2) is 4.79 Å². The van der Waals surface area contributed by atoms with Gasteiger partial charge in [-0.2, -0.15) is 0 Å². The van der Waals surface area contributed by atoms with E-state index in [9.17, 15) is 9.59 Å². The molecule has 0 aliphatic carbocycles.